The maximum Gasteiger partial charge on any atom is 0.250 e. The zero-order valence-electron chi connectivity index (χ0n) is 6.66. The van der Waals surface area contributed by atoms with Crippen LogP contribution in [0.2, 0.25) is 0 Å². The van der Waals surface area contributed by atoms with Gasteiger partial charge in [0.05, 0.1) is 0 Å². The molecular weight excluding hydrogens is 146 g/mol. The average molecular weight is 159 g/mol. The Hall–Kier alpha value is -0.870. The predicted molar refractivity (Wildman–Crippen MR) is 40.4 cm³/mol. The molecule has 4 nitrogen and oxygen atoms in total. The van der Waals surface area contributed by atoms with Crippen LogP contribution < -0.4 is 5.32 Å². The second-order valence-corrected chi connectivity index (χ2v) is 2.14. The third kappa shape index (κ3) is 4.52. The minimum Gasteiger partial charge on any atom is -0.351 e. The maximum absolute atomic E-state index is 10.8. The van der Waals surface area contributed by atoms with Gasteiger partial charge in [0.15, 0.2) is 0 Å². The Bertz CT molecular complexity index is 163. The first-order valence-electron chi connectivity index (χ1n) is 3.41. The molecule has 0 aromatic rings. The fraction of sp³-hybridized carbons (Fsp3) is 0.571. The molecule has 0 radical (unpaired) electrons. The van der Waals surface area contributed by atoms with Gasteiger partial charge in [-0.2, -0.15) is 0 Å². The third-order valence-corrected chi connectivity index (χ3v) is 1.13. The van der Waals surface area contributed by atoms with Crippen LogP contribution in [0.1, 0.15) is 20.3 Å². The molecule has 0 spiro atoms. The SMILES string of the molecule is CCC=C(C)C(=O)NC(O)O. The van der Waals surface area contributed by atoms with Crippen LogP contribution in [-0.2, 0) is 4.79 Å². The van der Waals surface area contributed by atoms with Crippen molar-refractivity contribution in [3.63, 3.8) is 0 Å². The maximum atomic E-state index is 10.8. The molecule has 0 atom stereocenters. The summed E-state index contributed by atoms with van der Waals surface area (Å²) in [5.41, 5.74) is 0.487. The molecule has 0 saturated heterocycles. The number of aliphatic hydroxyl groups excluding tert-OH is 1. The number of amides is 1. The molecule has 0 aromatic heterocycles. The quantitative estimate of drug-likeness (QED) is 0.392. The summed E-state index contributed by atoms with van der Waals surface area (Å²) < 4.78 is 0. The standard InChI is InChI=1S/C7H13NO3/c1-3-4-5(2)6(9)8-7(10)11/h4,7,10-11H,3H2,1-2H3,(H,8,9). The zero-order valence-corrected chi connectivity index (χ0v) is 6.66. The highest BCUT2D eigenvalue weighted by Crippen LogP contribution is 1.94. The highest BCUT2D eigenvalue weighted by atomic mass is 16.5. The molecule has 3 N–H and O–H groups in total. The van der Waals surface area contributed by atoms with E-state index in [1.54, 1.807) is 13.0 Å². The summed E-state index contributed by atoms with van der Waals surface area (Å²) in [6.07, 6.45) is 0.682. The molecular formula is C7H13NO3. The molecule has 11 heavy (non-hydrogen) atoms. The van der Waals surface area contributed by atoms with Crippen molar-refractivity contribution >= 4 is 5.91 Å². The van der Waals surface area contributed by atoms with Gasteiger partial charge in [0, 0.05) is 5.57 Å². The highest BCUT2D eigenvalue weighted by Gasteiger charge is 2.05. The van der Waals surface area contributed by atoms with E-state index in [2.05, 4.69) is 0 Å². The molecule has 0 aliphatic heterocycles. The van der Waals surface area contributed by atoms with E-state index in [-0.39, 0.29) is 0 Å². The van der Waals surface area contributed by atoms with Crippen molar-refractivity contribution < 1.29 is 15.0 Å². The van der Waals surface area contributed by atoms with Gasteiger partial charge in [0.25, 0.3) is 0 Å². The molecule has 0 bridgehead atoms. The summed E-state index contributed by atoms with van der Waals surface area (Å²) in [6.45, 7) is 3.51. The van der Waals surface area contributed by atoms with Crippen LogP contribution in [0.3, 0.4) is 0 Å². The van der Waals surface area contributed by atoms with Crippen LogP contribution in [-0.4, -0.2) is 22.5 Å². The van der Waals surface area contributed by atoms with E-state index < -0.39 is 12.3 Å². The number of hydrogen-bond donors (Lipinski definition) is 3. The molecule has 0 rings (SSSR count). The van der Waals surface area contributed by atoms with Gasteiger partial charge in [-0.3, -0.25) is 4.79 Å². The van der Waals surface area contributed by atoms with Gasteiger partial charge in [0.2, 0.25) is 12.3 Å². The molecule has 0 aromatic carbocycles. The molecule has 0 aliphatic rings. The first-order chi connectivity index (χ1) is 5.07. The highest BCUT2D eigenvalue weighted by molar-refractivity contribution is 5.92. The molecule has 1 amide bonds. The number of allylic oxidation sites excluding steroid dienone is 1. The number of hydrogen-bond acceptors (Lipinski definition) is 3. The van der Waals surface area contributed by atoms with E-state index in [9.17, 15) is 4.79 Å². The fourth-order valence-corrected chi connectivity index (χ4v) is 0.630. The molecule has 0 saturated carbocycles. The lowest BCUT2D eigenvalue weighted by Crippen LogP contribution is -2.34. The lowest BCUT2D eigenvalue weighted by molar-refractivity contribution is -0.130. The lowest BCUT2D eigenvalue weighted by Gasteiger charge is -2.05. The van der Waals surface area contributed by atoms with E-state index >= 15 is 0 Å². The van der Waals surface area contributed by atoms with Gasteiger partial charge in [-0.25, -0.2) is 0 Å². The predicted octanol–water partition coefficient (Wildman–Crippen LogP) is -0.273. The van der Waals surface area contributed by atoms with Crippen LogP contribution in [0.5, 0.6) is 0 Å². The van der Waals surface area contributed by atoms with Crippen LogP contribution >= 0.6 is 0 Å². The van der Waals surface area contributed by atoms with Crippen molar-refractivity contribution in [1.29, 1.82) is 0 Å². The minimum absolute atomic E-state index is 0.457. The van der Waals surface area contributed by atoms with Gasteiger partial charge in [-0.1, -0.05) is 13.0 Å². The second-order valence-electron chi connectivity index (χ2n) is 2.14. The summed E-state index contributed by atoms with van der Waals surface area (Å²) in [6, 6.07) is 0. The van der Waals surface area contributed by atoms with Gasteiger partial charge < -0.3 is 15.5 Å². The van der Waals surface area contributed by atoms with Gasteiger partial charge in [0.1, 0.15) is 0 Å². The van der Waals surface area contributed by atoms with Gasteiger partial charge in [-0.15, -0.1) is 0 Å². The summed E-state index contributed by atoms with van der Waals surface area (Å²) in [5, 5.41) is 18.6. The van der Waals surface area contributed by atoms with Crippen LogP contribution in [0.4, 0.5) is 0 Å². The smallest absolute Gasteiger partial charge is 0.250 e. The fourth-order valence-electron chi connectivity index (χ4n) is 0.630. The number of carbonyl (C=O) groups excluding carboxylic acids is 1. The molecule has 0 heterocycles. The van der Waals surface area contributed by atoms with E-state index in [0.717, 1.165) is 6.42 Å². The van der Waals surface area contributed by atoms with E-state index in [4.69, 9.17) is 10.2 Å². The van der Waals surface area contributed by atoms with Gasteiger partial charge >= 0.3 is 0 Å². The Morgan fingerprint density at radius 1 is 1.64 bits per heavy atom. The molecule has 64 valence electrons. The Morgan fingerprint density at radius 3 is 2.55 bits per heavy atom. The number of nitrogens with one attached hydrogen (secondary N) is 1. The third-order valence-electron chi connectivity index (χ3n) is 1.13. The number of rotatable bonds is 3. The van der Waals surface area contributed by atoms with Crippen molar-refractivity contribution in [2.75, 3.05) is 0 Å². The summed E-state index contributed by atoms with van der Waals surface area (Å²) >= 11 is 0. The normalized spacial score (nSPS) is 11.9. The summed E-state index contributed by atoms with van der Waals surface area (Å²) in [5.74, 6) is -0.457. The number of carbonyl (C=O) groups is 1. The van der Waals surface area contributed by atoms with Crippen LogP contribution in [0.15, 0.2) is 11.6 Å². The molecule has 0 aliphatic carbocycles. The monoisotopic (exact) mass is 159 g/mol. The minimum atomic E-state index is -1.78. The van der Waals surface area contributed by atoms with Crippen LogP contribution in [0, 0.1) is 0 Å². The van der Waals surface area contributed by atoms with Crippen molar-refractivity contribution in [2.45, 2.75) is 26.7 Å². The Labute approximate surface area is 65.5 Å². The second kappa shape index (κ2) is 4.87. The Morgan fingerprint density at radius 2 is 2.18 bits per heavy atom. The molecule has 0 fully saturated rings. The number of aliphatic hydroxyl groups is 2. The van der Waals surface area contributed by atoms with E-state index in [0.29, 0.717) is 5.57 Å². The Kier molecular flexibility index (Phi) is 4.49. The Balaban J connectivity index is 3.93. The molecule has 4 heteroatoms. The van der Waals surface area contributed by atoms with Gasteiger partial charge in [-0.05, 0) is 13.3 Å². The molecule has 0 unspecified atom stereocenters. The van der Waals surface area contributed by atoms with Crippen molar-refractivity contribution in [1.82, 2.24) is 5.32 Å². The lowest BCUT2D eigenvalue weighted by atomic mass is 10.2. The average Bonchev–Trinajstić information content (AvgIpc) is 1.86. The summed E-state index contributed by atoms with van der Waals surface area (Å²) in [7, 11) is 0. The van der Waals surface area contributed by atoms with Crippen molar-refractivity contribution in [3.8, 4) is 0 Å². The van der Waals surface area contributed by atoms with E-state index in [1.807, 2.05) is 12.2 Å². The zero-order chi connectivity index (χ0) is 8.85. The first-order valence-corrected chi connectivity index (χ1v) is 3.41. The topological polar surface area (TPSA) is 69.6 Å². The van der Waals surface area contributed by atoms with E-state index in [1.165, 1.54) is 0 Å². The van der Waals surface area contributed by atoms with Crippen LogP contribution in [0.25, 0.3) is 0 Å². The summed E-state index contributed by atoms with van der Waals surface area (Å²) in [4.78, 5) is 10.8. The largest absolute Gasteiger partial charge is 0.351 e. The van der Waals surface area contributed by atoms with Crippen molar-refractivity contribution in [3.05, 3.63) is 11.6 Å². The van der Waals surface area contributed by atoms with Crippen molar-refractivity contribution in [2.24, 2.45) is 0 Å². The first kappa shape index (κ1) is 10.1.